The standard InChI is InChI=1S/C42H28N2/c1-2-10-25(11-3-1)26-20-23-38-35(24-26)33-22-21-28(39-34-13-5-7-19-37(34)43(38)42(33)39)30-15-9-17-32-31-16-8-14-29-27-12-4-6-18-36(27)44(40(29)31)41(30)32/h1-17,19-24,32,36,41H,18H2. The van der Waals surface area contributed by atoms with Crippen molar-refractivity contribution in [3.8, 4) is 11.1 Å². The molecule has 3 unspecified atom stereocenters. The van der Waals surface area contributed by atoms with Crippen molar-refractivity contribution in [3.63, 3.8) is 0 Å². The molecular weight excluding hydrogens is 532 g/mol. The van der Waals surface area contributed by atoms with E-state index >= 15 is 0 Å². The van der Waals surface area contributed by atoms with E-state index in [2.05, 4.69) is 149 Å². The lowest BCUT2D eigenvalue weighted by molar-refractivity contribution is 0.644. The van der Waals surface area contributed by atoms with Gasteiger partial charge in [-0.25, -0.2) is 0 Å². The van der Waals surface area contributed by atoms with Crippen molar-refractivity contribution in [1.29, 1.82) is 0 Å². The predicted molar refractivity (Wildman–Crippen MR) is 185 cm³/mol. The van der Waals surface area contributed by atoms with Crippen LogP contribution >= 0.6 is 0 Å². The van der Waals surface area contributed by atoms with Crippen molar-refractivity contribution in [1.82, 2.24) is 4.40 Å². The van der Waals surface area contributed by atoms with Crippen molar-refractivity contribution >= 4 is 54.9 Å². The molecule has 7 aromatic rings. The van der Waals surface area contributed by atoms with Gasteiger partial charge in [0.1, 0.15) is 0 Å². The van der Waals surface area contributed by atoms with Gasteiger partial charge in [0.15, 0.2) is 0 Å². The molecule has 2 aliphatic heterocycles. The largest absolute Gasteiger partial charge is 0.355 e. The minimum absolute atomic E-state index is 0.280. The van der Waals surface area contributed by atoms with Crippen LogP contribution in [0, 0.1) is 0 Å². The summed E-state index contributed by atoms with van der Waals surface area (Å²) in [5.74, 6) is 0.358. The van der Waals surface area contributed by atoms with E-state index in [0.29, 0.717) is 12.0 Å². The minimum atomic E-state index is 0.280. The summed E-state index contributed by atoms with van der Waals surface area (Å²) in [6.45, 7) is 0. The van der Waals surface area contributed by atoms with Gasteiger partial charge >= 0.3 is 0 Å². The maximum Gasteiger partial charge on any atom is 0.0659 e. The van der Waals surface area contributed by atoms with Crippen molar-refractivity contribution in [2.24, 2.45) is 0 Å². The number of para-hydroxylation sites is 2. The monoisotopic (exact) mass is 560 g/mol. The van der Waals surface area contributed by atoms with E-state index in [1.165, 1.54) is 82.7 Å². The van der Waals surface area contributed by atoms with Gasteiger partial charge in [-0.2, -0.15) is 0 Å². The molecule has 0 saturated carbocycles. The molecule has 2 aromatic heterocycles. The molecule has 0 fully saturated rings. The molecule has 2 nitrogen and oxygen atoms in total. The summed E-state index contributed by atoms with van der Waals surface area (Å²) in [4.78, 5) is 2.78. The second-order valence-electron chi connectivity index (χ2n) is 12.8. The topological polar surface area (TPSA) is 7.65 Å². The number of anilines is 1. The van der Waals surface area contributed by atoms with E-state index in [1.54, 1.807) is 0 Å². The van der Waals surface area contributed by atoms with Crippen molar-refractivity contribution in [2.75, 3.05) is 4.90 Å². The summed E-state index contributed by atoms with van der Waals surface area (Å²) in [6.07, 6.45) is 15.2. The van der Waals surface area contributed by atoms with Gasteiger partial charge in [-0.15, -0.1) is 0 Å². The molecule has 0 saturated heterocycles. The second kappa shape index (κ2) is 8.18. The van der Waals surface area contributed by atoms with Gasteiger partial charge in [0.2, 0.25) is 0 Å². The molecule has 44 heavy (non-hydrogen) atoms. The van der Waals surface area contributed by atoms with Crippen LogP contribution in [-0.2, 0) is 0 Å². The fourth-order valence-electron chi connectivity index (χ4n) is 9.07. The number of rotatable bonds is 2. The fraction of sp³-hybridized carbons (Fsp3) is 0.0952. The van der Waals surface area contributed by atoms with Crippen LogP contribution in [-0.4, -0.2) is 16.5 Å². The molecule has 2 aliphatic carbocycles. The maximum atomic E-state index is 2.78. The van der Waals surface area contributed by atoms with Gasteiger partial charge < -0.3 is 9.30 Å². The lowest BCUT2D eigenvalue weighted by Gasteiger charge is -2.37. The Balaban J connectivity index is 1.18. The number of hydrogen-bond acceptors (Lipinski definition) is 1. The van der Waals surface area contributed by atoms with Crippen LogP contribution in [0.3, 0.4) is 0 Å². The zero-order chi connectivity index (χ0) is 28.5. The summed E-state index contributed by atoms with van der Waals surface area (Å²) >= 11 is 0. The Labute approximate surface area is 255 Å². The first-order chi connectivity index (χ1) is 21.9. The highest BCUT2D eigenvalue weighted by Crippen LogP contribution is 2.58. The Morgan fingerprint density at radius 2 is 1.48 bits per heavy atom. The zero-order valence-corrected chi connectivity index (χ0v) is 24.1. The van der Waals surface area contributed by atoms with Gasteiger partial charge in [-0.05, 0) is 58.0 Å². The van der Waals surface area contributed by atoms with Crippen LogP contribution in [0.25, 0.3) is 60.4 Å². The summed E-state index contributed by atoms with van der Waals surface area (Å²) < 4.78 is 2.52. The predicted octanol–water partition coefficient (Wildman–Crippen LogP) is 10.2. The average Bonchev–Trinajstić information content (AvgIpc) is 3.82. The molecule has 206 valence electrons. The van der Waals surface area contributed by atoms with Gasteiger partial charge in [0.05, 0.1) is 28.6 Å². The Kier molecular flexibility index (Phi) is 4.31. The lowest BCUT2D eigenvalue weighted by Crippen LogP contribution is -2.41. The normalized spacial score (nSPS) is 21.4. The zero-order valence-electron chi connectivity index (χ0n) is 24.1. The molecule has 5 aromatic carbocycles. The van der Waals surface area contributed by atoms with Gasteiger partial charge in [-0.3, -0.25) is 0 Å². The molecule has 2 heteroatoms. The Morgan fingerprint density at radius 1 is 0.614 bits per heavy atom. The third-order valence-corrected chi connectivity index (χ3v) is 10.8. The third-order valence-electron chi connectivity index (χ3n) is 10.8. The lowest BCUT2D eigenvalue weighted by atomic mass is 9.80. The van der Waals surface area contributed by atoms with Crippen molar-refractivity contribution < 1.29 is 0 Å². The number of aromatic nitrogens is 1. The smallest absolute Gasteiger partial charge is 0.0659 e. The summed E-state index contributed by atoms with van der Waals surface area (Å²) in [5, 5.41) is 5.37. The van der Waals surface area contributed by atoms with Crippen LogP contribution < -0.4 is 4.90 Å². The summed E-state index contributed by atoms with van der Waals surface area (Å²) in [7, 11) is 0. The number of allylic oxidation sites excluding steroid dienone is 4. The summed E-state index contributed by atoms with van der Waals surface area (Å²) in [6, 6.07) is 39.2. The van der Waals surface area contributed by atoms with Crippen molar-refractivity contribution in [3.05, 3.63) is 156 Å². The van der Waals surface area contributed by atoms with E-state index in [4.69, 9.17) is 0 Å². The Bertz CT molecular complexity index is 2490. The number of benzene rings is 5. The van der Waals surface area contributed by atoms with Crippen LogP contribution in [0.15, 0.2) is 140 Å². The quantitative estimate of drug-likeness (QED) is 0.204. The molecule has 0 N–H and O–H groups in total. The van der Waals surface area contributed by atoms with E-state index in [1.807, 2.05) is 0 Å². The fourth-order valence-corrected chi connectivity index (χ4v) is 9.07. The molecule has 0 bridgehead atoms. The molecule has 0 spiro atoms. The number of hydrogen-bond donors (Lipinski definition) is 0. The molecule has 4 heterocycles. The first-order valence-corrected chi connectivity index (χ1v) is 15.8. The molecule has 11 rings (SSSR count). The third kappa shape index (κ3) is 2.73. The van der Waals surface area contributed by atoms with Crippen LogP contribution in [0.4, 0.5) is 5.69 Å². The Morgan fingerprint density at radius 3 is 2.43 bits per heavy atom. The van der Waals surface area contributed by atoms with Gasteiger partial charge in [0, 0.05) is 38.7 Å². The molecular formula is C42H28N2. The SMILES string of the molecule is C1=CCC2C(=C1)c1cccc3c1N2C1C(c2ccc4c5cc(-c6ccccc6)ccc5n5c6ccccc6c2c45)=CC=CC31. The first-order valence-electron chi connectivity index (χ1n) is 15.8. The molecule has 4 aliphatic rings. The van der Waals surface area contributed by atoms with Crippen molar-refractivity contribution in [2.45, 2.75) is 24.4 Å². The molecule has 0 amide bonds. The minimum Gasteiger partial charge on any atom is -0.355 e. The number of nitrogens with zero attached hydrogens (tertiary/aromatic N) is 2. The van der Waals surface area contributed by atoms with Gasteiger partial charge in [-0.1, -0.05) is 121 Å². The molecule has 3 atom stereocenters. The Hall–Kier alpha value is -5.34. The highest BCUT2D eigenvalue weighted by molar-refractivity contribution is 6.26. The highest BCUT2D eigenvalue weighted by atomic mass is 15.2. The molecule has 0 radical (unpaired) electrons. The summed E-state index contributed by atoms with van der Waals surface area (Å²) in [5.41, 5.74) is 15.1. The average molecular weight is 561 g/mol. The first kappa shape index (κ1) is 23.2. The van der Waals surface area contributed by atoms with Crippen LogP contribution in [0.2, 0.25) is 0 Å². The van der Waals surface area contributed by atoms with E-state index in [-0.39, 0.29) is 6.04 Å². The van der Waals surface area contributed by atoms with Gasteiger partial charge in [0.25, 0.3) is 0 Å². The van der Waals surface area contributed by atoms with E-state index < -0.39 is 0 Å². The highest BCUT2D eigenvalue weighted by Gasteiger charge is 2.49. The number of fused-ring (bicyclic) bond motifs is 12. The van der Waals surface area contributed by atoms with E-state index in [9.17, 15) is 0 Å². The maximum absolute atomic E-state index is 2.78. The van der Waals surface area contributed by atoms with E-state index in [0.717, 1.165) is 6.42 Å². The van der Waals surface area contributed by atoms with Crippen LogP contribution in [0.1, 0.15) is 29.0 Å². The second-order valence-corrected chi connectivity index (χ2v) is 12.8. The van der Waals surface area contributed by atoms with Crippen LogP contribution in [0.5, 0.6) is 0 Å².